The number of benzene rings is 1. The fourth-order valence-corrected chi connectivity index (χ4v) is 2.89. The highest BCUT2D eigenvalue weighted by molar-refractivity contribution is 6.31. The predicted octanol–water partition coefficient (Wildman–Crippen LogP) is 2.52. The number of amides is 1. The maximum atomic E-state index is 13.8. The van der Waals surface area contributed by atoms with Gasteiger partial charge in [0.1, 0.15) is 11.5 Å². The molecule has 1 amide bonds. The van der Waals surface area contributed by atoms with Crippen molar-refractivity contribution in [3.63, 3.8) is 0 Å². The molecule has 2 heterocycles. The standard InChI is InChI=1S/C17H17ClFN3O2/c18-11-1-2-14(19)13(8-11)16(23)10-7-15(21-9-10)17(24)22-12-3-5-20-6-4-12/h1-2,7-9,12,20-21H,3-6H2,(H,22,24). The lowest BCUT2D eigenvalue weighted by Gasteiger charge is -2.23. The van der Waals surface area contributed by atoms with Crippen molar-refractivity contribution in [1.82, 2.24) is 15.6 Å². The molecule has 3 rings (SSSR count). The van der Waals surface area contributed by atoms with Crippen LogP contribution in [0.1, 0.15) is 39.3 Å². The van der Waals surface area contributed by atoms with Crippen LogP contribution in [-0.4, -0.2) is 35.8 Å². The molecule has 1 fully saturated rings. The van der Waals surface area contributed by atoms with Crippen molar-refractivity contribution in [3.8, 4) is 0 Å². The van der Waals surface area contributed by atoms with E-state index in [4.69, 9.17) is 11.6 Å². The molecule has 0 radical (unpaired) electrons. The van der Waals surface area contributed by atoms with Gasteiger partial charge in [0.15, 0.2) is 5.78 Å². The topological polar surface area (TPSA) is 74.0 Å². The van der Waals surface area contributed by atoms with Gasteiger partial charge in [0.25, 0.3) is 5.91 Å². The van der Waals surface area contributed by atoms with Crippen molar-refractivity contribution in [3.05, 3.63) is 58.1 Å². The fraction of sp³-hybridized carbons (Fsp3) is 0.294. The van der Waals surface area contributed by atoms with Gasteiger partial charge in [0, 0.05) is 22.8 Å². The lowest BCUT2D eigenvalue weighted by molar-refractivity contribution is 0.0925. The van der Waals surface area contributed by atoms with Crippen LogP contribution in [0.3, 0.4) is 0 Å². The average molecular weight is 350 g/mol. The molecule has 0 aliphatic carbocycles. The second-order valence-corrected chi connectivity index (χ2v) is 6.19. The second-order valence-electron chi connectivity index (χ2n) is 5.75. The molecule has 1 saturated heterocycles. The Morgan fingerprint density at radius 3 is 2.71 bits per heavy atom. The Labute approximate surface area is 143 Å². The van der Waals surface area contributed by atoms with Gasteiger partial charge in [0.2, 0.25) is 0 Å². The van der Waals surface area contributed by atoms with Crippen molar-refractivity contribution in [1.29, 1.82) is 0 Å². The molecular weight excluding hydrogens is 333 g/mol. The average Bonchev–Trinajstić information content (AvgIpc) is 3.07. The maximum absolute atomic E-state index is 13.8. The number of aromatic amines is 1. The fourth-order valence-electron chi connectivity index (χ4n) is 2.71. The highest BCUT2D eigenvalue weighted by atomic mass is 35.5. The number of rotatable bonds is 4. The number of carbonyl (C=O) groups excluding carboxylic acids is 2. The van der Waals surface area contributed by atoms with Gasteiger partial charge >= 0.3 is 0 Å². The van der Waals surface area contributed by atoms with E-state index in [2.05, 4.69) is 15.6 Å². The van der Waals surface area contributed by atoms with Crippen molar-refractivity contribution in [2.24, 2.45) is 0 Å². The molecule has 24 heavy (non-hydrogen) atoms. The highest BCUT2D eigenvalue weighted by Gasteiger charge is 2.20. The number of piperidine rings is 1. The van der Waals surface area contributed by atoms with E-state index in [1.54, 1.807) is 0 Å². The second kappa shape index (κ2) is 7.15. The summed E-state index contributed by atoms with van der Waals surface area (Å²) in [7, 11) is 0. The maximum Gasteiger partial charge on any atom is 0.267 e. The third kappa shape index (κ3) is 3.66. The van der Waals surface area contributed by atoms with Crippen molar-refractivity contribution >= 4 is 23.3 Å². The first-order valence-electron chi connectivity index (χ1n) is 7.74. The Balaban J connectivity index is 1.73. The molecule has 0 unspecified atom stereocenters. The van der Waals surface area contributed by atoms with Gasteiger partial charge in [-0.1, -0.05) is 11.6 Å². The first-order chi connectivity index (χ1) is 11.5. The van der Waals surface area contributed by atoms with Gasteiger partial charge in [0.05, 0.1) is 5.56 Å². The zero-order chi connectivity index (χ0) is 17.1. The van der Waals surface area contributed by atoms with Crippen LogP contribution >= 0.6 is 11.6 Å². The molecule has 0 bridgehead atoms. The molecule has 7 heteroatoms. The van der Waals surface area contributed by atoms with E-state index < -0.39 is 11.6 Å². The minimum atomic E-state index is -0.647. The summed E-state index contributed by atoms with van der Waals surface area (Å²) in [6.07, 6.45) is 3.14. The van der Waals surface area contributed by atoms with E-state index in [0.29, 0.717) is 0 Å². The van der Waals surface area contributed by atoms with E-state index in [1.165, 1.54) is 24.4 Å². The van der Waals surface area contributed by atoms with Gasteiger partial charge in [-0.25, -0.2) is 4.39 Å². The van der Waals surface area contributed by atoms with Crippen molar-refractivity contribution < 1.29 is 14.0 Å². The van der Waals surface area contributed by atoms with E-state index in [9.17, 15) is 14.0 Å². The molecule has 0 atom stereocenters. The number of nitrogens with one attached hydrogen (secondary N) is 3. The Morgan fingerprint density at radius 2 is 1.96 bits per heavy atom. The van der Waals surface area contributed by atoms with Crippen LogP contribution in [0, 0.1) is 5.82 Å². The minimum absolute atomic E-state index is 0.117. The normalized spacial score (nSPS) is 15.2. The molecular formula is C17H17ClFN3O2. The summed E-state index contributed by atoms with van der Waals surface area (Å²) < 4.78 is 13.8. The quantitative estimate of drug-likeness (QED) is 0.742. The summed E-state index contributed by atoms with van der Waals surface area (Å²) >= 11 is 5.82. The largest absolute Gasteiger partial charge is 0.356 e. The number of carbonyl (C=O) groups is 2. The zero-order valence-electron chi connectivity index (χ0n) is 12.9. The van der Waals surface area contributed by atoms with Gasteiger partial charge in [-0.3, -0.25) is 9.59 Å². The van der Waals surface area contributed by atoms with Crippen LogP contribution in [0.15, 0.2) is 30.5 Å². The van der Waals surface area contributed by atoms with Gasteiger partial charge in [-0.15, -0.1) is 0 Å². The van der Waals surface area contributed by atoms with E-state index in [0.717, 1.165) is 32.0 Å². The predicted molar refractivity (Wildman–Crippen MR) is 89.0 cm³/mol. The molecule has 3 N–H and O–H groups in total. The summed E-state index contributed by atoms with van der Waals surface area (Å²) in [6, 6.07) is 5.35. The number of ketones is 1. The lowest BCUT2D eigenvalue weighted by atomic mass is 10.0. The molecule has 5 nitrogen and oxygen atoms in total. The van der Waals surface area contributed by atoms with Crippen LogP contribution in [0.25, 0.3) is 0 Å². The van der Waals surface area contributed by atoms with Gasteiger partial charge < -0.3 is 15.6 Å². The number of H-pyrrole nitrogens is 1. The van der Waals surface area contributed by atoms with Crippen LogP contribution in [0.4, 0.5) is 4.39 Å². The number of aromatic nitrogens is 1. The van der Waals surface area contributed by atoms with Gasteiger partial charge in [-0.2, -0.15) is 0 Å². The summed E-state index contributed by atoms with van der Waals surface area (Å²) in [5, 5.41) is 6.43. The van der Waals surface area contributed by atoms with E-state index in [-0.39, 0.29) is 33.8 Å². The summed E-state index contributed by atoms with van der Waals surface area (Å²) in [5.41, 5.74) is 0.373. The zero-order valence-corrected chi connectivity index (χ0v) is 13.6. The number of hydrogen-bond donors (Lipinski definition) is 3. The van der Waals surface area contributed by atoms with Crippen LogP contribution in [-0.2, 0) is 0 Å². The summed E-state index contributed by atoms with van der Waals surface area (Å²) in [5.74, 6) is -1.44. The molecule has 1 aliphatic rings. The Kier molecular flexibility index (Phi) is 4.97. The summed E-state index contributed by atoms with van der Waals surface area (Å²) in [4.78, 5) is 27.4. The van der Waals surface area contributed by atoms with Crippen LogP contribution in [0.2, 0.25) is 5.02 Å². The third-order valence-corrected chi connectivity index (χ3v) is 4.27. The molecule has 1 aliphatic heterocycles. The molecule has 1 aromatic heterocycles. The van der Waals surface area contributed by atoms with Crippen molar-refractivity contribution in [2.45, 2.75) is 18.9 Å². The smallest absolute Gasteiger partial charge is 0.267 e. The SMILES string of the molecule is O=C(NC1CCNCC1)c1cc(C(=O)c2cc(Cl)ccc2F)c[nH]1. The number of halogens is 2. The third-order valence-electron chi connectivity index (χ3n) is 4.04. The lowest BCUT2D eigenvalue weighted by Crippen LogP contribution is -2.42. The monoisotopic (exact) mass is 349 g/mol. The Bertz CT molecular complexity index is 769. The van der Waals surface area contributed by atoms with Crippen LogP contribution in [0.5, 0.6) is 0 Å². The van der Waals surface area contributed by atoms with Crippen LogP contribution < -0.4 is 10.6 Å². The Morgan fingerprint density at radius 1 is 1.21 bits per heavy atom. The van der Waals surface area contributed by atoms with Gasteiger partial charge in [-0.05, 0) is 50.2 Å². The first kappa shape index (κ1) is 16.7. The molecule has 1 aromatic carbocycles. The van der Waals surface area contributed by atoms with Crippen molar-refractivity contribution in [2.75, 3.05) is 13.1 Å². The summed E-state index contributed by atoms with van der Waals surface area (Å²) in [6.45, 7) is 1.74. The van der Waals surface area contributed by atoms with E-state index >= 15 is 0 Å². The molecule has 0 saturated carbocycles. The van der Waals surface area contributed by atoms with E-state index in [1.807, 2.05) is 0 Å². The highest BCUT2D eigenvalue weighted by Crippen LogP contribution is 2.19. The minimum Gasteiger partial charge on any atom is -0.356 e. The number of hydrogen-bond acceptors (Lipinski definition) is 3. The molecule has 0 spiro atoms. The Hall–Kier alpha value is -2.18. The molecule has 2 aromatic rings. The first-order valence-corrected chi connectivity index (χ1v) is 8.12. The molecule has 126 valence electrons.